The third kappa shape index (κ3) is 4.86. The van der Waals surface area contributed by atoms with Crippen molar-refractivity contribution in [2.45, 2.75) is 43.9 Å². The molecule has 0 spiro atoms. The van der Waals surface area contributed by atoms with Crippen molar-refractivity contribution in [1.29, 1.82) is 0 Å². The summed E-state index contributed by atoms with van der Waals surface area (Å²) in [6.07, 6.45) is 5.39. The van der Waals surface area contributed by atoms with E-state index in [9.17, 15) is 10.1 Å². The van der Waals surface area contributed by atoms with Gasteiger partial charge >= 0.3 is 0 Å². The van der Waals surface area contributed by atoms with Crippen molar-refractivity contribution < 1.29 is 4.92 Å². The van der Waals surface area contributed by atoms with Crippen LogP contribution in [-0.4, -0.2) is 9.75 Å². The van der Waals surface area contributed by atoms with Crippen LogP contribution in [0.5, 0.6) is 0 Å². The van der Waals surface area contributed by atoms with E-state index in [0.29, 0.717) is 4.83 Å². The first-order valence-corrected chi connectivity index (χ1v) is 6.93. The highest BCUT2D eigenvalue weighted by molar-refractivity contribution is 9.09. The van der Waals surface area contributed by atoms with Gasteiger partial charge in [-0.15, -0.1) is 0 Å². The number of benzene rings is 1. The van der Waals surface area contributed by atoms with E-state index in [2.05, 4.69) is 22.9 Å². The van der Waals surface area contributed by atoms with Crippen molar-refractivity contribution >= 4 is 21.6 Å². The summed E-state index contributed by atoms with van der Waals surface area (Å²) in [5.41, 5.74) is 1.04. The molecule has 1 unspecified atom stereocenters. The number of hydrogen-bond acceptors (Lipinski definition) is 2. The highest BCUT2D eigenvalue weighted by Gasteiger charge is 2.15. The Labute approximate surface area is 111 Å². The number of rotatable bonds is 7. The van der Waals surface area contributed by atoms with E-state index >= 15 is 0 Å². The summed E-state index contributed by atoms with van der Waals surface area (Å²) in [5.74, 6) is 0. The predicted octanol–water partition coefficient (Wildman–Crippen LogP) is 4.48. The molecule has 0 saturated heterocycles. The van der Waals surface area contributed by atoms with Crippen molar-refractivity contribution in [2.75, 3.05) is 0 Å². The molecule has 0 aliphatic rings. The average Bonchev–Trinajstić information content (AvgIpc) is 2.29. The maximum Gasteiger partial charge on any atom is 0.272 e. The molecule has 0 saturated carbocycles. The standard InChI is InChI=1S/C13H18BrNO2/c1-2-3-4-8-12(14)10-11-7-5-6-9-13(11)15(16)17/h5-7,9,12H,2-4,8,10H2,1H3. The molecule has 0 aliphatic carbocycles. The third-order valence-corrected chi connectivity index (χ3v) is 3.53. The van der Waals surface area contributed by atoms with Crippen molar-refractivity contribution in [1.82, 2.24) is 0 Å². The zero-order valence-corrected chi connectivity index (χ0v) is 11.6. The van der Waals surface area contributed by atoms with Gasteiger partial charge in [0.15, 0.2) is 0 Å². The molecule has 0 aliphatic heterocycles. The summed E-state index contributed by atoms with van der Waals surface area (Å²) < 4.78 is 0. The van der Waals surface area contributed by atoms with Crippen LogP contribution in [0.4, 0.5) is 5.69 Å². The third-order valence-electron chi connectivity index (χ3n) is 2.75. The Bertz CT molecular complexity index is 368. The molecule has 1 aromatic carbocycles. The zero-order valence-electron chi connectivity index (χ0n) is 10.1. The fraction of sp³-hybridized carbons (Fsp3) is 0.538. The first-order chi connectivity index (χ1) is 8.15. The van der Waals surface area contributed by atoms with Gasteiger partial charge in [0, 0.05) is 16.5 Å². The van der Waals surface area contributed by atoms with Crippen LogP contribution in [-0.2, 0) is 6.42 Å². The van der Waals surface area contributed by atoms with Gasteiger partial charge in [-0.2, -0.15) is 0 Å². The number of nitrogens with zero attached hydrogens (tertiary/aromatic N) is 1. The molecule has 0 heterocycles. The van der Waals surface area contributed by atoms with Gasteiger partial charge in [-0.3, -0.25) is 10.1 Å². The molecular formula is C13H18BrNO2. The van der Waals surface area contributed by atoms with Gasteiger partial charge in [0.1, 0.15) is 0 Å². The van der Waals surface area contributed by atoms with Gasteiger partial charge in [-0.1, -0.05) is 60.3 Å². The van der Waals surface area contributed by atoms with Crippen LogP contribution in [0, 0.1) is 10.1 Å². The maximum atomic E-state index is 10.9. The molecule has 94 valence electrons. The summed E-state index contributed by atoms with van der Waals surface area (Å²) >= 11 is 3.61. The molecule has 0 aromatic heterocycles. The summed E-state index contributed by atoms with van der Waals surface area (Å²) in [6, 6.07) is 6.98. The first-order valence-electron chi connectivity index (χ1n) is 6.01. The minimum absolute atomic E-state index is 0.229. The van der Waals surface area contributed by atoms with Gasteiger partial charge in [-0.05, 0) is 12.8 Å². The normalized spacial score (nSPS) is 12.4. The second-order valence-corrected chi connectivity index (χ2v) is 5.48. The quantitative estimate of drug-likeness (QED) is 0.322. The monoisotopic (exact) mass is 299 g/mol. The van der Waals surface area contributed by atoms with Crippen LogP contribution in [0.3, 0.4) is 0 Å². The molecule has 1 atom stereocenters. The van der Waals surface area contributed by atoms with Gasteiger partial charge < -0.3 is 0 Å². The lowest BCUT2D eigenvalue weighted by molar-refractivity contribution is -0.385. The van der Waals surface area contributed by atoms with Gasteiger partial charge in [-0.25, -0.2) is 0 Å². The van der Waals surface area contributed by atoms with Gasteiger partial charge in [0.05, 0.1) is 4.92 Å². The van der Waals surface area contributed by atoms with Crippen LogP contribution in [0.1, 0.15) is 38.2 Å². The number of nitro groups is 1. The van der Waals surface area contributed by atoms with E-state index in [1.165, 1.54) is 19.3 Å². The highest BCUT2D eigenvalue weighted by atomic mass is 79.9. The summed E-state index contributed by atoms with van der Waals surface area (Å²) in [4.78, 5) is 10.9. The summed E-state index contributed by atoms with van der Waals surface area (Å²) in [7, 11) is 0. The lowest BCUT2D eigenvalue weighted by Crippen LogP contribution is -2.05. The number of para-hydroxylation sites is 1. The Morgan fingerprint density at radius 2 is 2.06 bits per heavy atom. The molecule has 0 bridgehead atoms. The minimum Gasteiger partial charge on any atom is -0.258 e. The molecule has 1 rings (SSSR count). The molecule has 1 aromatic rings. The summed E-state index contributed by atoms with van der Waals surface area (Å²) in [6.45, 7) is 2.17. The van der Waals surface area contributed by atoms with E-state index in [-0.39, 0.29) is 10.6 Å². The van der Waals surface area contributed by atoms with Gasteiger partial charge in [0.25, 0.3) is 5.69 Å². The molecule has 0 N–H and O–H groups in total. The van der Waals surface area contributed by atoms with Crippen molar-refractivity contribution in [2.24, 2.45) is 0 Å². The molecular weight excluding hydrogens is 282 g/mol. The van der Waals surface area contributed by atoms with Crippen molar-refractivity contribution in [3.8, 4) is 0 Å². The molecule has 0 fully saturated rings. The van der Waals surface area contributed by atoms with E-state index in [1.807, 2.05) is 12.1 Å². The van der Waals surface area contributed by atoms with Crippen LogP contribution in [0.2, 0.25) is 0 Å². The number of unbranched alkanes of at least 4 members (excludes halogenated alkanes) is 2. The molecule has 4 heteroatoms. The fourth-order valence-electron chi connectivity index (χ4n) is 1.82. The number of nitro benzene ring substituents is 1. The Morgan fingerprint density at radius 1 is 1.35 bits per heavy atom. The lowest BCUT2D eigenvalue weighted by atomic mass is 10.0. The number of hydrogen-bond donors (Lipinski definition) is 0. The van der Waals surface area contributed by atoms with Crippen LogP contribution >= 0.6 is 15.9 Å². The van der Waals surface area contributed by atoms with E-state index < -0.39 is 0 Å². The largest absolute Gasteiger partial charge is 0.272 e. The number of halogens is 1. The average molecular weight is 300 g/mol. The molecule has 3 nitrogen and oxygen atoms in total. The van der Waals surface area contributed by atoms with Crippen molar-refractivity contribution in [3.63, 3.8) is 0 Å². The van der Waals surface area contributed by atoms with Crippen molar-refractivity contribution in [3.05, 3.63) is 39.9 Å². The fourth-order valence-corrected chi connectivity index (χ4v) is 2.49. The Morgan fingerprint density at radius 3 is 2.71 bits per heavy atom. The Balaban J connectivity index is 2.58. The number of alkyl halides is 1. The summed E-state index contributed by atoms with van der Waals surface area (Å²) in [5, 5.41) is 10.9. The predicted molar refractivity (Wildman–Crippen MR) is 73.7 cm³/mol. The molecule has 0 radical (unpaired) electrons. The van der Waals surface area contributed by atoms with Gasteiger partial charge in [0.2, 0.25) is 0 Å². The molecule has 17 heavy (non-hydrogen) atoms. The maximum absolute atomic E-state index is 10.9. The topological polar surface area (TPSA) is 43.1 Å². The second kappa shape index (κ2) is 7.43. The Hall–Kier alpha value is -0.900. The van der Waals surface area contributed by atoms with E-state index in [1.54, 1.807) is 12.1 Å². The zero-order chi connectivity index (χ0) is 12.7. The SMILES string of the molecule is CCCCCC(Br)Cc1ccccc1[N+](=O)[O-]. The minimum atomic E-state index is -0.304. The first kappa shape index (κ1) is 14.2. The smallest absolute Gasteiger partial charge is 0.258 e. The lowest BCUT2D eigenvalue weighted by Gasteiger charge is -2.09. The van der Waals surface area contributed by atoms with E-state index in [4.69, 9.17) is 0 Å². The Kier molecular flexibility index (Phi) is 6.19. The molecule has 0 amide bonds. The highest BCUT2D eigenvalue weighted by Crippen LogP contribution is 2.23. The van der Waals surface area contributed by atoms with Crippen LogP contribution in [0.15, 0.2) is 24.3 Å². The van der Waals surface area contributed by atoms with Crippen LogP contribution < -0.4 is 0 Å². The second-order valence-electron chi connectivity index (χ2n) is 4.18. The van der Waals surface area contributed by atoms with E-state index in [0.717, 1.165) is 18.4 Å². The van der Waals surface area contributed by atoms with Crippen LogP contribution in [0.25, 0.3) is 0 Å².